The predicted octanol–water partition coefficient (Wildman–Crippen LogP) is 1.17. The number of hydrogen-bond acceptors (Lipinski definition) is 5. The van der Waals surface area contributed by atoms with Crippen LogP contribution in [-0.2, 0) is 19.1 Å². The van der Waals surface area contributed by atoms with Gasteiger partial charge in [-0.15, -0.1) is 0 Å². The zero-order valence-corrected chi connectivity index (χ0v) is 13.1. The van der Waals surface area contributed by atoms with Gasteiger partial charge in [0.05, 0.1) is 13.5 Å². The molecule has 3 atom stereocenters. The van der Waals surface area contributed by atoms with Crippen molar-refractivity contribution in [1.29, 1.82) is 0 Å². The number of carbonyl (C=O) groups excluding carboxylic acids is 2. The van der Waals surface area contributed by atoms with E-state index in [-0.39, 0.29) is 29.1 Å². The lowest BCUT2D eigenvalue weighted by molar-refractivity contribution is -0.145. The highest BCUT2D eigenvalue weighted by Crippen LogP contribution is 2.63. The third kappa shape index (κ3) is 2.45. The van der Waals surface area contributed by atoms with Crippen molar-refractivity contribution in [1.82, 2.24) is 0 Å². The number of ether oxygens (including phenoxy) is 1. The largest absolute Gasteiger partial charge is 0.478 e. The van der Waals surface area contributed by atoms with Gasteiger partial charge in [0.15, 0.2) is 5.78 Å². The number of carboxylic acids is 1. The van der Waals surface area contributed by atoms with E-state index in [1.807, 2.05) is 13.8 Å². The van der Waals surface area contributed by atoms with E-state index in [0.717, 1.165) is 0 Å². The van der Waals surface area contributed by atoms with Crippen LogP contribution >= 0.6 is 0 Å². The fraction of sp³-hybridized carbons (Fsp3) is 0.688. The van der Waals surface area contributed by atoms with Gasteiger partial charge in [0.25, 0.3) is 0 Å². The predicted molar refractivity (Wildman–Crippen MR) is 76.9 cm³/mol. The maximum absolute atomic E-state index is 12.5. The number of aliphatic hydroxyl groups is 1. The quantitative estimate of drug-likeness (QED) is 0.739. The van der Waals surface area contributed by atoms with Crippen LogP contribution in [0.25, 0.3) is 0 Å². The third-order valence-corrected chi connectivity index (χ3v) is 5.09. The number of aliphatic carboxylic acids is 1. The van der Waals surface area contributed by atoms with Crippen LogP contribution in [0, 0.1) is 22.7 Å². The first-order valence-electron chi connectivity index (χ1n) is 7.34. The fourth-order valence-corrected chi connectivity index (χ4v) is 4.38. The monoisotopic (exact) mass is 310 g/mol. The normalized spacial score (nSPS) is 32.3. The maximum atomic E-state index is 12.5. The number of allylic oxidation sites excluding steroid dienone is 1. The molecule has 0 aliphatic heterocycles. The van der Waals surface area contributed by atoms with Crippen LogP contribution in [-0.4, -0.2) is 41.7 Å². The summed E-state index contributed by atoms with van der Waals surface area (Å²) in [7, 11) is 1.23. The van der Waals surface area contributed by atoms with Gasteiger partial charge in [-0.05, 0) is 24.2 Å². The molecule has 6 nitrogen and oxygen atoms in total. The van der Waals surface area contributed by atoms with Crippen LogP contribution < -0.4 is 0 Å². The smallest absolute Gasteiger partial charge is 0.331 e. The standard InChI is InChI=1S/C16H22O6/c1-15(2)6-9-4-10(14(20)21)11(5-13(19)22-3)16(9,8-15)12(18)7-17/h4,9,11,17H,5-8H2,1-3H3,(H,20,21)/t9-,11-,16-/m1/s1. The number of esters is 1. The summed E-state index contributed by atoms with van der Waals surface area (Å²) >= 11 is 0. The molecule has 0 radical (unpaired) electrons. The molecule has 0 aromatic heterocycles. The molecular formula is C16H22O6. The van der Waals surface area contributed by atoms with Gasteiger partial charge in [0, 0.05) is 16.9 Å². The summed E-state index contributed by atoms with van der Waals surface area (Å²) in [5.41, 5.74) is -1.07. The van der Waals surface area contributed by atoms with E-state index in [1.54, 1.807) is 6.08 Å². The zero-order chi connectivity index (χ0) is 16.7. The van der Waals surface area contributed by atoms with Gasteiger partial charge >= 0.3 is 11.9 Å². The maximum Gasteiger partial charge on any atom is 0.331 e. The summed E-state index contributed by atoms with van der Waals surface area (Å²) in [4.78, 5) is 35.8. The van der Waals surface area contributed by atoms with Crippen LogP contribution in [0.2, 0.25) is 0 Å². The summed E-state index contributed by atoms with van der Waals surface area (Å²) in [5.74, 6) is -3.06. The number of carbonyl (C=O) groups is 3. The molecule has 0 aromatic rings. The van der Waals surface area contributed by atoms with E-state index < -0.39 is 29.9 Å². The number of rotatable bonds is 5. The molecule has 0 bridgehead atoms. The molecule has 1 fully saturated rings. The lowest BCUT2D eigenvalue weighted by Crippen LogP contribution is -2.42. The molecule has 0 heterocycles. The molecule has 122 valence electrons. The van der Waals surface area contributed by atoms with Crippen LogP contribution in [0.1, 0.15) is 33.1 Å². The second-order valence-electron chi connectivity index (χ2n) is 7.03. The minimum Gasteiger partial charge on any atom is -0.478 e. The van der Waals surface area contributed by atoms with E-state index in [4.69, 9.17) is 0 Å². The molecule has 0 spiro atoms. The van der Waals surface area contributed by atoms with Gasteiger partial charge in [0.2, 0.25) is 0 Å². The molecule has 2 aliphatic rings. The van der Waals surface area contributed by atoms with Crippen molar-refractivity contribution < 1.29 is 29.3 Å². The van der Waals surface area contributed by atoms with Gasteiger partial charge in [-0.1, -0.05) is 19.9 Å². The van der Waals surface area contributed by atoms with E-state index in [0.29, 0.717) is 12.8 Å². The van der Waals surface area contributed by atoms with Crippen LogP contribution in [0.3, 0.4) is 0 Å². The minimum atomic E-state index is -1.12. The van der Waals surface area contributed by atoms with Crippen LogP contribution in [0.4, 0.5) is 0 Å². The Hall–Kier alpha value is -1.69. The number of hydrogen-bond donors (Lipinski definition) is 2. The molecule has 6 heteroatoms. The molecule has 22 heavy (non-hydrogen) atoms. The van der Waals surface area contributed by atoms with Crippen LogP contribution in [0.5, 0.6) is 0 Å². The molecule has 2 aliphatic carbocycles. The zero-order valence-electron chi connectivity index (χ0n) is 13.1. The number of ketones is 1. The van der Waals surface area contributed by atoms with Crippen molar-refractivity contribution in [2.75, 3.05) is 13.7 Å². The van der Waals surface area contributed by atoms with Crippen molar-refractivity contribution in [3.63, 3.8) is 0 Å². The Labute approximate surface area is 129 Å². The molecule has 2 N–H and O–H groups in total. The number of fused-ring (bicyclic) bond motifs is 1. The van der Waals surface area contributed by atoms with E-state index in [1.165, 1.54) is 7.11 Å². The highest BCUT2D eigenvalue weighted by molar-refractivity contribution is 5.96. The summed E-state index contributed by atoms with van der Waals surface area (Å²) in [6.07, 6.45) is 2.57. The molecule has 1 saturated carbocycles. The van der Waals surface area contributed by atoms with Gasteiger partial charge < -0.3 is 14.9 Å². The van der Waals surface area contributed by atoms with Crippen molar-refractivity contribution in [3.8, 4) is 0 Å². The van der Waals surface area contributed by atoms with Crippen molar-refractivity contribution in [2.45, 2.75) is 33.1 Å². The third-order valence-electron chi connectivity index (χ3n) is 5.09. The number of aliphatic hydroxyl groups excluding tert-OH is 1. The Bertz CT molecular complexity index is 547. The first-order chi connectivity index (χ1) is 10.2. The minimum absolute atomic E-state index is 0.0905. The first-order valence-corrected chi connectivity index (χ1v) is 7.34. The van der Waals surface area contributed by atoms with E-state index >= 15 is 0 Å². The SMILES string of the molecule is COC(=O)C[C@@H]1C(C(=O)O)=C[C@@H]2CC(C)(C)C[C@@]21C(=O)CO. The number of Topliss-reactive ketones (excluding diaryl/α,β-unsaturated/α-hetero) is 1. The molecule has 0 amide bonds. The average molecular weight is 310 g/mol. The molecule has 0 unspecified atom stereocenters. The summed E-state index contributed by atoms with van der Waals surface area (Å²) in [6, 6.07) is 0. The van der Waals surface area contributed by atoms with Gasteiger partial charge in [-0.3, -0.25) is 9.59 Å². The molecule has 0 saturated heterocycles. The summed E-state index contributed by atoms with van der Waals surface area (Å²) in [5, 5.41) is 18.8. The van der Waals surface area contributed by atoms with Crippen molar-refractivity contribution in [3.05, 3.63) is 11.6 Å². The summed E-state index contributed by atoms with van der Waals surface area (Å²) in [6.45, 7) is 3.38. The Morgan fingerprint density at radius 2 is 2.00 bits per heavy atom. The number of carboxylic acid groups (broad SMARTS) is 1. The molecule has 2 rings (SSSR count). The van der Waals surface area contributed by atoms with E-state index in [9.17, 15) is 24.6 Å². The van der Waals surface area contributed by atoms with Crippen LogP contribution in [0.15, 0.2) is 11.6 Å². The van der Waals surface area contributed by atoms with Gasteiger partial charge in [-0.25, -0.2) is 4.79 Å². The molecule has 0 aromatic carbocycles. The fourth-order valence-electron chi connectivity index (χ4n) is 4.38. The summed E-state index contributed by atoms with van der Waals surface area (Å²) < 4.78 is 4.67. The number of methoxy groups -OCH3 is 1. The van der Waals surface area contributed by atoms with Crippen molar-refractivity contribution in [2.24, 2.45) is 22.7 Å². The second kappa shape index (κ2) is 5.50. The lowest BCUT2D eigenvalue weighted by Gasteiger charge is -2.35. The van der Waals surface area contributed by atoms with Crippen molar-refractivity contribution >= 4 is 17.7 Å². The Morgan fingerprint density at radius 1 is 1.36 bits per heavy atom. The first kappa shape index (κ1) is 16.7. The Morgan fingerprint density at radius 3 is 2.50 bits per heavy atom. The highest BCUT2D eigenvalue weighted by atomic mass is 16.5. The Kier molecular flexibility index (Phi) is 4.17. The van der Waals surface area contributed by atoms with Gasteiger partial charge in [-0.2, -0.15) is 0 Å². The van der Waals surface area contributed by atoms with Gasteiger partial charge in [0.1, 0.15) is 6.61 Å². The average Bonchev–Trinajstić information content (AvgIpc) is 2.87. The van der Waals surface area contributed by atoms with E-state index in [2.05, 4.69) is 4.74 Å². The Balaban J connectivity index is 2.51. The lowest BCUT2D eigenvalue weighted by atomic mass is 9.66. The molecular weight excluding hydrogens is 288 g/mol. The second-order valence-corrected chi connectivity index (χ2v) is 7.03. The topological polar surface area (TPSA) is 101 Å². The highest BCUT2D eigenvalue weighted by Gasteiger charge is 2.62.